The lowest BCUT2D eigenvalue weighted by atomic mass is 10.2. The van der Waals surface area contributed by atoms with Crippen LogP contribution in [-0.4, -0.2) is 18.2 Å². The first-order valence-corrected chi connectivity index (χ1v) is 5.88. The van der Waals surface area contributed by atoms with Crippen LogP contribution >= 0.6 is 11.6 Å². The molecular formula is C12H8ClF3N2O3. The maximum Gasteiger partial charge on any atom is 0.416 e. The molecule has 0 unspecified atom stereocenters. The van der Waals surface area contributed by atoms with E-state index in [0.717, 1.165) is 18.2 Å². The fourth-order valence-electron chi connectivity index (χ4n) is 1.44. The molecule has 2 aromatic rings. The zero-order valence-corrected chi connectivity index (χ0v) is 11.2. The van der Waals surface area contributed by atoms with E-state index in [-0.39, 0.29) is 22.4 Å². The van der Waals surface area contributed by atoms with Gasteiger partial charge >= 0.3 is 6.18 Å². The number of nitrogens with one attached hydrogen (secondary N) is 1. The minimum absolute atomic E-state index is 0.0390. The molecule has 5 nitrogen and oxygen atoms in total. The van der Waals surface area contributed by atoms with Crippen LogP contribution in [0.15, 0.2) is 28.8 Å². The summed E-state index contributed by atoms with van der Waals surface area (Å²) in [5.41, 5.74) is -1.12. The molecule has 0 bridgehead atoms. The monoisotopic (exact) mass is 320 g/mol. The Morgan fingerprint density at radius 2 is 2.10 bits per heavy atom. The summed E-state index contributed by atoms with van der Waals surface area (Å²) in [5.74, 6) is -0.956. The highest BCUT2D eigenvalue weighted by Crippen LogP contribution is 2.34. The molecule has 0 aliphatic rings. The standard InChI is InChI=1S/C12H8ClF3N2O3/c1-20-10-5-9(21-18-10)11(19)17-8-4-6(12(14,15)16)2-3-7(8)13/h2-5H,1H3,(H,17,19). The van der Waals surface area contributed by atoms with Gasteiger partial charge in [0.05, 0.1) is 29.4 Å². The van der Waals surface area contributed by atoms with Gasteiger partial charge in [0.15, 0.2) is 0 Å². The van der Waals surface area contributed by atoms with Crippen molar-refractivity contribution in [2.45, 2.75) is 6.18 Å². The van der Waals surface area contributed by atoms with Crippen LogP contribution in [-0.2, 0) is 6.18 Å². The van der Waals surface area contributed by atoms with Crippen LogP contribution in [0.3, 0.4) is 0 Å². The summed E-state index contributed by atoms with van der Waals surface area (Å²) in [6.45, 7) is 0. The summed E-state index contributed by atoms with van der Waals surface area (Å²) in [4.78, 5) is 11.8. The lowest BCUT2D eigenvalue weighted by Crippen LogP contribution is -2.13. The van der Waals surface area contributed by atoms with Crippen molar-refractivity contribution in [2.24, 2.45) is 0 Å². The second-order valence-electron chi connectivity index (χ2n) is 3.88. The van der Waals surface area contributed by atoms with Crippen LogP contribution in [0, 0.1) is 0 Å². The Morgan fingerprint density at radius 3 is 2.67 bits per heavy atom. The molecule has 0 saturated heterocycles. The van der Waals surface area contributed by atoms with Gasteiger partial charge in [0.25, 0.3) is 11.8 Å². The summed E-state index contributed by atoms with van der Waals surface area (Å²) in [6.07, 6.45) is -4.54. The van der Waals surface area contributed by atoms with Crippen molar-refractivity contribution in [1.29, 1.82) is 0 Å². The van der Waals surface area contributed by atoms with E-state index in [1.807, 2.05) is 0 Å². The van der Waals surface area contributed by atoms with E-state index in [9.17, 15) is 18.0 Å². The number of methoxy groups -OCH3 is 1. The molecule has 0 saturated carbocycles. The van der Waals surface area contributed by atoms with Crippen molar-refractivity contribution in [3.63, 3.8) is 0 Å². The number of halogens is 4. The fraction of sp³-hybridized carbons (Fsp3) is 0.167. The second-order valence-corrected chi connectivity index (χ2v) is 4.29. The quantitative estimate of drug-likeness (QED) is 0.938. The Kier molecular flexibility index (Phi) is 4.08. The van der Waals surface area contributed by atoms with Gasteiger partial charge in [-0.1, -0.05) is 11.6 Å². The first-order chi connectivity index (χ1) is 9.81. The Bertz CT molecular complexity index is 670. The van der Waals surface area contributed by atoms with E-state index in [1.165, 1.54) is 13.2 Å². The number of anilines is 1. The number of hydrogen-bond donors (Lipinski definition) is 1. The molecule has 0 aliphatic heterocycles. The number of aromatic nitrogens is 1. The van der Waals surface area contributed by atoms with Crippen molar-refractivity contribution in [2.75, 3.05) is 12.4 Å². The van der Waals surface area contributed by atoms with Crippen LogP contribution in [0.25, 0.3) is 0 Å². The molecular weight excluding hydrogens is 313 g/mol. The first kappa shape index (κ1) is 15.2. The SMILES string of the molecule is COc1cc(C(=O)Nc2cc(C(F)(F)F)ccc2Cl)on1. The van der Waals surface area contributed by atoms with Crippen molar-refractivity contribution < 1.29 is 27.2 Å². The number of carbonyl (C=O) groups excluding carboxylic acids is 1. The molecule has 0 atom stereocenters. The molecule has 2 rings (SSSR count). The number of hydrogen-bond acceptors (Lipinski definition) is 4. The number of ether oxygens (including phenoxy) is 1. The van der Waals surface area contributed by atoms with Gasteiger partial charge in [-0.15, -0.1) is 0 Å². The lowest BCUT2D eigenvalue weighted by Gasteiger charge is -2.10. The topological polar surface area (TPSA) is 64.4 Å². The molecule has 1 heterocycles. The molecule has 0 spiro atoms. The molecule has 1 amide bonds. The number of amides is 1. The van der Waals surface area contributed by atoms with Gasteiger partial charge in [-0.05, 0) is 23.4 Å². The highest BCUT2D eigenvalue weighted by atomic mass is 35.5. The van der Waals surface area contributed by atoms with Crippen molar-refractivity contribution in [3.05, 3.63) is 40.6 Å². The summed E-state index contributed by atoms with van der Waals surface area (Å²) < 4.78 is 47.2. The Hall–Kier alpha value is -2.22. The van der Waals surface area contributed by atoms with E-state index in [4.69, 9.17) is 16.3 Å². The molecule has 1 N–H and O–H groups in total. The third kappa shape index (κ3) is 3.46. The molecule has 0 fully saturated rings. The summed E-state index contributed by atoms with van der Waals surface area (Å²) >= 11 is 5.76. The van der Waals surface area contributed by atoms with E-state index < -0.39 is 17.6 Å². The van der Waals surface area contributed by atoms with Gasteiger partial charge in [0, 0.05) is 0 Å². The van der Waals surface area contributed by atoms with Gasteiger partial charge < -0.3 is 14.6 Å². The van der Waals surface area contributed by atoms with Crippen LogP contribution < -0.4 is 10.1 Å². The van der Waals surface area contributed by atoms with Gasteiger partial charge in [0.1, 0.15) is 0 Å². The summed E-state index contributed by atoms with van der Waals surface area (Å²) in [6, 6.07) is 3.78. The largest absolute Gasteiger partial charge is 0.479 e. The van der Waals surface area contributed by atoms with E-state index in [1.54, 1.807) is 0 Å². The lowest BCUT2D eigenvalue weighted by molar-refractivity contribution is -0.137. The smallest absolute Gasteiger partial charge is 0.416 e. The second kappa shape index (κ2) is 5.65. The molecule has 9 heteroatoms. The third-order valence-corrected chi connectivity index (χ3v) is 2.79. The van der Waals surface area contributed by atoms with Gasteiger partial charge in [-0.3, -0.25) is 4.79 Å². The molecule has 0 radical (unpaired) electrons. The van der Waals surface area contributed by atoms with Gasteiger partial charge in [-0.25, -0.2) is 0 Å². The van der Waals surface area contributed by atoms with Crippen molar-refractivity contribution in [1.82, 2.24) is 5.16 Å². The normalized spacial score (nSPS) is 11.3. The Labute approximate surface area is 121 Å². The maximum atomic E-state index is 12.6. The molecule has 0 aliphatic carbocycles. The molecule has 1 aromatic heterocycles. The maximum absolute atomic E-state index is 12.6. The van der Waals surface area contributed by atoms with Crippen LogP contribution in [0.4, 0.5) is 18.9 Å². The number of alkyl halides is 3. The highest BCUT2D eigenvalue weighted by molar-refractivity contribution is 6.33. The third-order valence-electron chi connectivity index (χ3n) is 2.46. The predicted molar refractivity (Wildman–Crippen MR) is 67.5 cm³/mol. The minimum Gasteiger partial charge on any atom is -0.479 e. The van der Waals surface area contributed by atoms with E-state index >= 15 is 0 Å². The van der Waals surface area contributed by atoms with E-state index in [2.05, 4.69) is 15.0 Å². The van der Waals surface area contributed by atoms with Crippen LogP contribution in [0.2, 0.25) is 5.02 Å². The number of carbonyl (C=O) groups is 1. The van der Waals surface area contributed by atoms with Gasteiger partial charge in [0.2, 0.25) is 5.76 Å². The summed E-state index contributed by atoms with van der Waals surface area (Å²) in [5, 5.41) is 5.58. The average Bonchev–Trinajstić information content (AvgIpc) is 2.88. The summed E-state index contributed by atoms with van der Waals surface area (Å²) in [7, 11) is 1.32. The van der Waals surface area contributed by atoms with E-state index in [0.29, 0.717) is 0 Å². The first-order valence-electron chi connectivity index (χ1n) is 5.50. The Balaban J connectivity index is 2.24. The predicted octanol–water partition coefficient (Wildman–Crippen LogP) is 3.61. The fourth-order valence-corrected chi connectivity index (χ4v) is 1.61. The van der Waals surface area contributed by atoms with Gasteiger partial charge in [-0.2, -0.15) is 13.2 Å². The van der Waals surface area contributed by atoms with Crippen LogP contribution in [0.1, 0.15) is 16.1 Å². The van der Waals surface area contributed by atoms with Crippen LogP contribution in [0.5, 0.6) is 5.88 Å². The highest BCUT2D eigenvalue weighted by Gasteiger charge is 2.31. The molecule has 1 aromatic carbocycles. The average molecular weight is 321 g/mol. The Morgan fingerprint density at radius 1 is 1.38 bits per heavy atom. The number of rotatable bonds is 3. The molecule has 112 valence electrons. The zero-order valence-electron chi connectivity index (χ0n) is 10.5. The minimum atomic E-state index is -4.54. The number of benzene rings is 1. The van der Waals surface area contributed by atoms with Crippen molar-refractivity contribution >= 4 is 23.2 Å². The zero-order chi connectivity index (χ0) is 15.6. The number of nitrogens with zero attached hydrogens (tertiary/aromatic N) is 1. The van der Waals surface area contributed by atoms with Crippen molar-refractivity contribution in [3.8, 4) is 5.88 Å². The molecule has 21 heavy (non-hydrogen) atoms.